The van der Waals surface area contributed by atoms with Crippen LogP contribution in [0.25, 0.3) is 0 Å². The number of nitrogens with one attached hydrogen (secondary N) is 1. The second-order valence-electron chi connectivity index (χ2n) is 8.02. The number of carbonyl (C=O) groups excluding carboxylic acids is 3. The van der Waals surface area contributed by atoms with Crippen LogP contribution in [-0.4, -0.2) is 48.4 Å². The Hall–Kier alpha value is -3.35. The third-order valence-electron chi connectivity index (χ3n) is 5.65. The highest BCUT2D eigenvalue weighted by atomic mass is 16.5. The number of hydrogen-bond donors (Lipinski definition) is 1. The van der Waals surface area contributed by atoms with Crippen molar-refractivity contribution in [3.8, 4) is 5.75 Å². The maximum Gasteiger partial charge on any atom is 0.265 e. The molecule has 31 heavy (non-hydrogen) atoms. The normalized spacial score (nSPS) is 18.0. The Labute approximate surface area is 182 Å². The van der Waals surface area contributed by atoms with Crippen molar-refractivity contribution in [2.24, 2.45) is 0 Å². The Morgan fingerprint density at radius 1 is 1.00 bits per heavy atom. The second-order valence-corrected chi connectivity index (χ2v) is 8.02. The number of para-hydroxylation sites is 2. The van der Waals surface area contributed by atoms with Gasteiger partial charge in [-0.1, -0.05) is 24.3 Å². The predicted octanol–water partition coefficient (Wildman–Crippen LogP) is 2.99. The van der Waals surface area contributed by atoms with Crippen LogP contribution in [0, 0.1) is 0 Å². The number of likely N-dealkylation sites (tertiary alicyclic amines) is 1. The quantitative estimate of drug-likeness (QED) is 0.823. The minimum absolute atomic E-state index is 0.0494. The van der Waals surface area contributed by atoms with Gasteiger partial charge in [-0.3, -0.25) is 14.4 Å². The molecule has 1 saturated heterocycles. The first-order valence-electron chi connectivity index (χ1n) is 10.7. The Morgan fingerprint density at radius 2 is 1.71 bits per heavy atom. The highest BCUT2D eigenvalue weighted by Crippen LogP contribution is 2.34. The molecule has 0 aromatic heterocycles. The summed E-state index contributed by atoms with van der Waals surface area (Å²) in [5.41, 5.74) is 2.21. The molecule has 2 aromatic rings. The van der Waals surface area contributed by atoms with E-state index in [1.54, 1.807) is 23.1 Å². The lowest BCUT2D eigenvalue weighted by Crippen LogP contribution is -2.53. The van der Waals surface area contributed by atoms with Gasteiger partial charge in [-0.2, -0.15) is 0 Å². The fourth-order valence-corrected chi connectivity index (χ4v) is 4.10. The Bertz CT molecular complexity index is 967. The lowest BCUT2D eigenvalue weighted by molar-refractivity contribution is -0.139. The molecule has 1 fully saturated rings. The molecule has 2 aliphatic rings. The summed E-state index contributed by atoms with van der Waals surface area (Å²) in [5.74, 6) is 0.266. The summed E-state index contributed by atoms with van der Waals surface area (Å²) >= 11 is 0. The molecule has 2 aliphatic heterocycles. The molecule has 2 aromatic carbocycles. The van der Waals surface area contributed by atoms with E-state index >= 15 is 0 Å². The lowest BCUT2D eigenvalue weighted by Gasteiger charge is -2.37. The number of anilines is 2. The van der Waals surface area contributed by atoms with Crippen LogP contribution in [0.3, 0.4) is 0 Å². The molecule has 3 amide bonds. The molecule has 1 atom stereocenters. The van der Waals surface area contributed by atoms with Crippen molar-refractivity contribution in [1.82, 2.24) is 4.90 Å². The van der Waals surface area contributed by atoms with Gasteiger partial charge in [0.05, 0.1) is 18.7 Å². The predicted molar refractivity (Wildman–Crippen MR) is 118 cm³/mol. The number of benzene rings is 2. The fourth-order valence-electron chi connectivity index (χ4n) is 4.10. The van der Waals surface area contributed by atoms with E-state index < -0.39 is 6.10 Å². The first kappa shape index (κ1) is 20.9. The SMILES string of the molecule is CC(=O)Nc1ccc(CC(=O)N2C[C@@H](C(=O)N3CCCCC3)Oc3ccccc32)cc1. The molecule has 0 spiro atoms. The van der Waals surface area contributed by atoms with Gasteiger partial charge in [-0.15, -0.1) is 0 Å². The van der Waals surface area contributed by atoms with E-state index in [2.05, 4.69) is 5.32 Å². The zero-order valence-electron chi connectivity index (χ0n) is 17.7. The minimum atomic E-state index is -0.695. The van der Waals surface area contributed by atoms with Crippen LogP contribution in [0.4, 0.5) is 11.4 Å². The van der Waals surface area contributed by atoms with Crippen LogP contribution in [0.1, 0.15) is 31.7 Å². The molecule has 2 heterocycles. The van der Waals surface area contributed by atoms with Gasteiger partial charge in [0.15, 0.2) is 6.10 Å². The Balaban J connectivity index is 1.50. The Kier molecular flexibility index (Phi) is 6.21. The molecule has 7 nitrogen and oxygen atoms in total. The van der Waals surface area contributed by atoms with Gasteiger partial charge in [0, 0.05) is 25.7 Å². The monoisotopic (exact) mass is 421 g/mol. The summed E-state index contributed by atoms with van der Waals surface area (Å²) in [7, 11) is 0. The van der Waals surface area contributed by atoms with Crippen LogP contribution in [0.5, 0.6) is 5.75 Å². The van der Waals surface area contributed by atoms with Crippen molar-refractivity contribution in [2.45, 2.75) is 38.7 Å². The highest BCUT2D eigenvalue weighted by molar-refractivity contribution is 5.98. The molecule has 7 heteroatoms. The maximum atomic E-state index is 13.2. The number of rotatable bonds is 4. The fraction of sp³-hybridized carbons (Fsp3) is 0.375. The molecule has 0 saturated carbocycles. The average molecular weight is 421 g/mol. The van der Waals surface area contributed by atoms with Gasteiger partial charge < -0.3 is 19.9 Å². The van der Waals surface area contributed by atoms with Crippen LogP contribution < -0.4 is 15.0 Å². The zero-order chi connectivity index (χ0) is 21.8. The molecule has 4 rings (SSSR count). The van der Waals surface area contributed by atoms with Gasteiger partial charge in [0.25, 0.3) is 5.91 Å². The average Bonchev–Trinajstić information content (AvgIpc) is 2.79. The highest BCUT2D eigenvalue weighted by Gasteiger charge is 2.36. The molecule has 0 unspecified atom stereocenters. The number of ether oxygens (including phenoxy) is 1. The molecule has 162 valence electrons. The van der Waals surface area contributed by atoms with Crippen molar-refractivity contribution in [3.63, 3.8) is 0 Å². The molecule has 0 bridgehead atoms. The van der Waals surface area contributed by atoms with Crippen molar-refractivity contribution in [3.05, 3.63) is 54.1 Å². The second kappa shape index (κ2) is 9.20. The van der Waals surface area contributed by atoms with E-state index in [4.69, 9.17) is 4.74 Å². The summed E-state index contributed by atoms with van der Waals surface area (Å²) in [5, 5.41) is 2.72. The van der Waals surface area contributed by atoms with Crippen molar-refractivity contribution < 1.29 is 19.1 Å². The van der Waals surface area contributed by atoms with Gasteiger partial charge in [0.2, 0.25) is 11.8 Å². The molecular formula is C24H27N3O4. The van der Waals surface area contributed by atoms with Crippen LogP contribution >= 0.6 is 0 Å². The van der Waals surface area contributed by atoms with E-state index in [9.17, 15) is 14.4 Å². The van der Waals surface area contributed by atoms with Gasteiger partial charge in [-0.25, -0.2) is 0 Å². The zero-order valence-corrected chi connectivity index (χ0v) is 17.7. The number of fused-ring (bicyclic) bond motifs is 1. The molecule has 0 aliphatic carbocycles. The van der Waals surface area contributed by atoms with Crippen LogP contribution in [0.15, 0.2) is 48.5 Å². The van der Waals surface area contributed by atoms with E-state index in [0.29, 0.717) is 17.1 Å². The third kappa shape index (κ3) is 4.87. The van der Waals surface area contributed by atoms with Crippen molar-refractivity contribution >= 4 is 29.1 Å². The number of piperidine rings is 1. The summed E-state index contributed by atoms with van der Waals surface area (Å²) < 4.78 is 6.00. The minimum Gasteiger partial charge on any atom is -0.476 e. The van der Waals surface area contributed by atoms with Crippen molar-refractivity contribution in [1.29, 1.82) is 0 Å². The topological polar surface area (TPSA) is 79.0 Å². The molecular weight excluding hydrogens is 394 g/mol. The van der Waals surface area contributed by atoms with E-state index in [0.717, 1.165) is 37.9 Å². The van der Waals surface area contributed by atoms with Crippen LogP contribution in [-0.2, 0) is 20.8 Å². The van der Waals surface area contributed by atoms with E-state index in [1.807, 2.05) is 35.2 Å². The standard InChI is InChI=1S/C24H27N3O4/c1-17(28)25-19-11-9-18(10-12-19)15-23(29)27-16-22(24(30)26-13-5-2-6-14-26)31-21-8-4-3-7-20(21)27/h3-4,7-12,22H,2,5-6,13-16H2,1H3,(H,25,28)/t22-/m0/s1. The van der Waals surface area contributed by atoms with Gasteiger partial charge in [-0.05, 0) is 49.1 Å². The lowest BCUT2D eigenvalue weighted by atomic mass is 10.1. The first-order valence-corrected chi connectivity index (χ1v) is 10.7. The van der Waals surface area contributed by atoms with E-state index in [1.165, 1.54) is 6.92 Å². The smallest absolute Gasteiger partial charge is 0.265 e. The Morgan fingerprint density at radius 3 is 2.42 bits per heavy atom. The number of amides is 3. The summed E-state index contributed by atoms with van der Waals surface area (Å²) in [4.78, 5) is 41.0. The number of carbonyl (C=O) groups is 3. The molecule has 1 N–H and O–H groups in total. The summed E-state index contributed by atoms with van der Waals surface area (Å²) in [6.07, 6.45) is 2.65. The summed E-state index contributed by atoms with van der Waals surface area (Å²) in [6, 6.07) is 14.5. The summed E-state index contributed by atoms with van der Waals surface area (Å²) in [6.45, 7) is 3.15. The van der Waals surface area contributed by atoms with Crippen LogP contribution in [0.2, 0.25) is 0 Å². The first-order chi connectivity index (χ1) is 15.0. The number of hydrogen-bond acceptors (Lipinski definition) is 4. The molecule has 0 radical (unpaired) electrons. The van der Waals surface area contributed by atoms with E-state index in [-0.39, 0.29) is 30.7 Å². The van der Waals surface area contributed by atoms with Gasteiger partial charge >= 0.3 is 0 Å². The number of nitrogens with zero attached hydrogens (tertiary/aromatic N) is 2. The third-order valence-corrected chi connectivity index (χ3v) is 5.65. The van der Waals surface area contributed by atoms with Gasteiger partial charge in [0.1, 0.15) is 5.75 Å². The van der Waals surface area contributed by atoms with Crippen molar-refractivity contribution in [2.75, 3.05) is 29.9 Å². The largest absolute Gasteiger partial charge is 0.476 e. The maximum absolute atomic E-state index is 13.2.